The fourth-order valence-corrected chi connectivity index (χ4v) is 5.22. The van der Waals surface area contributed by atoms with Gasteiger partial charge in [-0.15, -0.1) is 6.58 Å². The minimum Gasteiger partial charge on any atom is -0.348 e. The third-order valence-electron chi connectivity index (χ3n) is 6.38. The molecule has 1 aliphatic carbocycles. The van der Waals surface area contributed by atoms with Crippen molar-refractivity contribution in [3.8, 4) is 0 Å². The Morgan fingerprint density at radius 2 is 2.00 bits per heavy atom. The van der Waals surface area contributed by atoms with Gasteiger partial charge in [0.25, 0.3) is 0 Å². The predicted octanol–water partition coefficient (Wildman–Crippen LogP) is 3.52. The second-order valence-electron chi connectivity index (χ2n) is 7.87. The molecule has 2 saturated heterocycles. The lowest BCUT2D eigenvalue weighted by Gasteiger charge is -2.47. The number of amides is 1. The number of benzene rings is 1. The van der Waals surface area contributed by atoms with Crippen molar-refractivity contribution in [3.05, 3.63) is 48.6 Å². The van der Waals surface area contributed by atoms with E-state index in [1.807, 2.05) is 24.3 Å². The highest BCUT2D eigenvalue weighted by Gasteiger charge is 2.62. The summed E-state index contributed by atoms with van der Waals surface area (Å²) in [6, 6.07) is 10.5. The van der Waals surface area contributed by atoms with E-state index in [1.54, 1.807) is 0 Å². The van der Waals surface area contributed by atoms with Gasteiger partial charge in [-0.25, -0.2) is 0 Å². The Kier molecular flexibility index (Phi) is 4.20. The highest BCUT2D eigenvalue weighted by Crippen LogP contribution is 2.56. The summed E-state index contributed by atoms with van der Waals surface area (Å²) in [7, 11) is 0. The van der Waals surface area contributed by atoms with Gasteiger partial charge in [0.05, 0.1) is 13.2 Å². The molecule has 4 heteroatoms. The molecule has 2 heterocycles. The summed E-state index contributed by atoms with van der Waals surface area (Å²) in [5.74, 6) is -0.261. The smallest absolute Gasteiger partial charge is 0.227 e. The van der Waals surface area contributed by atoms with Gasteiger partial charge in [-0.3, -0.25) is 4.79 Å². The molecular weight excluding hydrogens is 314 g/mol. The SMILES string of the molecule is C=CC[C@@H]1C(=O)N(Cc2ccccc2)[C@@H]2CCC3(C[C@]12C)OCCO3. The first-order chi connectivity index (χ1) is 12.1. The standard InChI is InChI=1S/C21H27NO3/c1-3-7-17-19(23)22(14-16-8-5-4-6-9-16)18-10-11-21(15-20(17,18)2)24-12-13-25-21/h3-6,8-9,17-18H,1,7,10-15H2,2H3/t17-,18-,20-/m1/s1. The van der Waals surface area contributed by atoms with E-state index in [4.69, 9.17) is 9.47 Å². The maximum Gasteiger partial charge on any atom is 0.227 e. The van der Waals surface area contributed by atoms with Crippen LogP contribution in [0.4, 0.5) is 0 Å². The Labute approximate surface area is 149 Å². The van der Waals surface area contributed by atoms with Crippen LogP contribution >= 0.6 is 0 Å². The largest absolute Gasteiger partial charge is 0.348 e. The van der Waals surface area contributed by atoms with E-state index in [1.165, 1.54) is 5.56 Å². The molecule has 3 fully saturated rings. The average molecular weight is 341 g/mol. The second kappa shape index (κ2) is 6.26. The first kappa shape index (κ1) is 16.8. The van der Waals surface area contributed by atoms with Gasteiger partial charge in [-0.1, -0.05) is 43.3 Å². The van der Waals surface area contributed by atoms with Crippen LogP contribution in [0.25, 0.3) is 0 Å². The van der Waals surface area contributed by atoms with Gasteiger partial charge in [-0.05, 0) is 18.4 Å². The van der Waals surface area contributed by atoms with E-state index in [2.05, 4.69) is 30.5 Å². The van der Waals surface area contributed by atoms with Crippen LogP contribution in [0.1, 0.15) is 38.2 Å². The summed E-state index contributed by atoms with van der Waals surface area (Å²) in [5, 5.41) is 0. The lowest BCUT2D eigenvalue weighted by Crippen LogP contribution is -2.51. The minimum absolute atomic E-state index is 0.0383. The minimum atomic E-state index is -0.478. The van der Waals surface area contributed by atoms with Crippen LogP contribution in [0.3, 0.4) is 0 Å². The van der Waals surface area contributed by atoms with Gasteiger partial charge in [-0.2, -0.15) is 0 Å². The Balaban J connectivity index is 1.64. The molecular formula is C21H27NO3. The molecule has 0 radical (unpaired) electrons. The summed E-state index contributed by atoms with van der Waals surface area (Å²) in [6.45, 7) is 8.15. The van der Waals surface area contributed by atoms with Gasteiger partial charge in [0.15, 0.2) is 5.79 Å². The van der Waals surface area contributed by atoms with Gasteiger partial charge < -0.3 is 14.4 Å². The first-order valence-corrected chi connectivity index (χ1v) is 9.31. The summed E-state index contributed by atoms with van der Waals surface area (Å²) >= 11 is 0. The molecule has 0 unspecified atom stereocenters. The number of carbonyl (C=O) groups is 1. The number of carbonyl (C=O) groups excluding carboxylic acids is 1. The van der Waals surface area contributed by atoms with E-state index in [0.717, 1.165) is 19.3 Å². The Bertz CT molecular complexity index is 652. The predicted molar refractivity (Wildman–Crippen MR) is 95.7 cm³/mol. The van der Waals surface area contributed by atoms with E-state index in [-0.39, 0.29) is 23.3 Å². The molecule has 3 atom stereocenters. The number of nitrogens with zero attached hydrogens (tertiary/aromatic N) is 1. The van der Waals surface area contributed by atoms with Crippen LogP contribution in [0.5, 0.6) is 0 Å². The molecule has 1 amide bonds. The molecule has 25 heavy (non-hydrogen) atoms. The van der Waals surface area contributed by atoms with Crippen LogP contribution < -0.4 is 0 Å². The zero-order chi connectivity index (χ0) is 17.5. The maximum absolute atomic E-state index is 13.3. The number of rotatable bonds is 4. The molecule has 3 aliphatic rings. The zero-order valence-corrected chi connectivity index (χ0v) is 14.9. The molecule has 4 rings (SSSR count). The van der Waals surface area contributed by atoms with Crippen molar-refractivity contribution in [2.24, 2.45) is 11.3 Å². The van der Waals surface area contributed by atoms with Crippen molar-refractivity contribution < 1.29 is 14.3 Å². The lowest BCUT2D eigenvalue weighted by atomic mass is 9.64. The molecule has 2 aliphatic heterocycles. The number of hydrogen-bond donors (Lipinski definition) is 0. The van der Waals surface area contributed by atoms with Crippen LogP contribution in [0.2, 0.25) is 0 Å². The van der Waals surface area contributed by atoms with Crippen LogP contribution in [-0.2, 0) is 20.8 Å². The monoisotopic (exact) mass is 341 g/mol. The topological polar surface area (TPSA) is 38.8 Å². The average Bonchev–Trinajstić information content (AvgIpc) is 3.13. The quantitative estimate of drug-likeness (QED) is 0.787. The number of ether oxygens (including phenoxy) is 2. The van der Waals surface area contributed by atoms with Crippen molar-refractivity contribution >= 4 is 5.91 Å². The van der Waals surface area contributed by atoms with E-state index >= 15 is 0 Å². The molecule has 1 spiro atoms. The Morgan fingerprint density at radius 1 is 1.28 bits per heavy atom. The molecule has 1 saturated carbocycles. The zero-order valence-electron chi connectivity index (χ0n) is 14.9. The lowest BCUT2D eigenvalue weighted by molar-refractivity contribution is -0.209. The molecule has 1 aromatic rings. The summed E-state index contributed by atoms with van der Waals surface area (Å²) < 4.78 is 12.0. The van der Waals surface area contributed by atoms with Gasteiger partial charge >= 0.3 is 0 Å². The molecule has 0 bridgehead atoms. The third-order valence-corrected chi connectivity index (χ3v) is 6.38. The normalized spacial score (nSPS) is 33.6. The molecule has 134 valence electrons. The van der Waals surface area contributed by atoms with E-state index < -0.39 is 5.79 Å². The fraction of sp³-hybridized carbons (Fsp3) is 0.571. The number of allylic oxidation sites excluding steroid dienone is 1. The van der Waals surface area contributed by atoms with Crippen molar-refractivity contribution in [2.45, 2.75) is 51.0 Å². The van der Waals surface area contributed by atoms with Gasteiger partial charge in [0.1, 0.15) is 0 Å². The third kappa shape index (κ3) is 2.72. The van der Waals surface area contributed by atoms with Crippen molar-refractivity contribution in [2.75, 3.05) is 13.2 Å². The highest BCUT2D eigenvalue weighted by molar-refractivity contribution is 5.83. The van der Waals surface area contributed by atoms with Gasteiger partial charge in [0.2, 0.25) is 5.91 Å². The summed E-state index contributed by atoms with van der Waals surface area (Å²) in [4.78, 5) is 15.4. The first-order valence-electron chi connectivity index (χ1n) is 9.31. The Morgan fingerprint density at radius 3 is 2.68 bits per heavy atom. The van der Waals surface area contributed by atoms with Crippen LogP contribution in [0.15, 0.2) is 43.0 Å². The van der Waals surface area contributed by atoms with E-state index in [9.17, 15) is 4.79 Å². The summed E-state index contributed by atoms with van der Waals surface area (Å²) in [5.41, 5.74) is 1.05. The number of likely N-dealkylation sites (tertiary alicyclic amines) is 1. The maximum atomic E-state index is 13.3. The number of fused-ring (bicyclic) bond motifs is 1. The van der Waals surface area contributed by atoms with Gasteiger partial charge in [0, 0.05) is 36.8 Å². The summed E-state index contributed by atoms with van der Waals surface area (Å²) in [6.07, 6.45) is 5.19. The molecule has 1 aromatic carbocycles. The van der Waals surface area contributed by atoms with Crippen LogP contribution in [-0.4, -0.2) is 35.8 Å². The Hall–Kier alpha value is -1.65. The number of hydrogen-bond acceptors (Lipinski definition) is 3. The molecule has 0 N–H and O–H groups in total. The molecule has 0 aromatic heterocycles. The van der Waals surface area contributed by atoms with Crippen molar-refractivity contribution in [3.63, 3.8) is 0 Å². The second-order valence-corrected chi connectivity index (χ2v) is 7.87. The van der Waals surface area contributed by atoms with E-state index in [0.29, 0.717) is 26.2 Å². The highest BCUT2D eigenvalue weighted by atomic mass is 16.7. The fourth-order valence-electron chi connectivity index (χ4n) is 5.22. The molecule has 4 nitrogen and oxygen atoms in total. The van der Waals surface area contributed by atoms with Crippen molar-refractivity contribution in [1.82, 2.24) is 4.90 Å². The van der Waals surface area contributed by atoms with Crippen molar-refractivity contribution in [1.29, 1.82) is 0 Å². The van der Waals surface area contributed by atoms with Crippen LogP contribution in [0, 0.1) is 11.3 Å².